The number of barbiturate groups is 1. The van der Waals surface area contributed by atoms with Crippen LogP contribution >= 0.6 is 0 Å². The van der Waals surface area contributed by atoms with E-state index in [-0.39, 0.29) is 22.9 Å². The van der Waals surface area contributed by atoms with Crippen molar-refractivity contribution in [3.8, 4) is 0 Å². The van der Waals surface area contributed by atoms with Crippen molar-refractivity contribution in [2.45, 2.75) is 91.5 Å². The number of fused-ring (bicyclic) bond motifs is 1. The summed E-state index contributed by atoms with van der Waals surface area (Å²) in [6, 6.07) is 7.28. The molecule has 218 valence electrons. The molecule has 40 heavy (non-hydrogen) atoms. The highest BCUT2D eigenvalue weighted by atomic mass is 16.5. The zero-order valence-corrected chi connectivity index (χ0v) is 24.9. The van der Waals surface area contributed by atoms with Gasteiger partial charge in [0, 0.05) is 35.9 Å². The predicted octanol–water partition coefficient (Wildman–Crippen LogP) is 5.96. The van der Waals surface area contributed by atoms with Gasteiger partial charge in [-0.15, -0.1) is 0 Å². The Labute approximate surface area is 239 Å². The second-order valence-electron chi connectivity index (χ2n) is 11.5. The Morgan fingerprint density at radius 2 is 1.68 bits per heavy atom. The van der Waals surface area contributed by atoms with E-state index in [9.17, 15) is 19.2 Å². The van der Waals surface area contributed by atoms with Gasteiger partial charge < -0.3 is 9.64 Å². The summed E-state index contributed by atoms with van der Waals surface area (Å²) in [5.74, 6) is -0.883. The fourth-order valence-corrected chi connectivity index (χ4v) is 5.65. The van der Waals surface area contributed by atoms with Gasteiger partial charge in [0.05, 0.1) is 6.61 Å². The number of allylic oxidation sites excluding steroid dienone is 3. The molecule has 0 aliphatic carbocycles. The molecule has 0 radical (unpaired) electrons. The van der Waals surface area contributed by atoms with E-state index in [2.05, 4.69) is 44.7 Å². The summed E-state index contributed by atoms with van der Waals surface area (Å²) in [5, 5.41) is 0. The van der Waals surface area contributed by atoms with E-state index in [0.29, 0.717) is 26.2 Å². The maximum absolute atomic E-state index is 13.7. The molecular weight excluding hydrogens is 506 g/mol. The molecule has 1 unspecified atom stereocenters. The van der Waals surface area contributed by atoms with Crippen molar-refractivity contribution in [3.05, 3.63) is 53.3 Å². The molecule has 2 aliphatic rings. The SMILES string of the molecule is CCCCC(CC)CN1C(=O)/C(=C\C=C2\N(CCCCOC=O)c3ccccc3C2(C)C)C(=O)N(C(C)C)C1=O. The van der Waals surface area contributed by atoms with E-state index in [1.165, 1.54) is 9.80 Å². The molecule has 0 spiro atoms. The summed E-state index contributed by atoms with van der Waals surface area (Å²) >= 11 is 0. The van der Waals surface area contributed by atoms with Crippen molar-refractivity contribution < 1.29 is 23.9 Å². The lowest BCUT2D eigenvalue weighted by atomic mass is 9.83. The lowest BCUT2D eigenvalue weighted by Crippen LogP contribution is -2.59. The van der Waals surface area contributed by atoms with Crippen LogP contribution < -0.4 is 4.90 Å². The van der Waals surface area contributed by atoms with Crippen LogP contribution in [0.25, 0.3) is 0 Å². The number of benzene rings is 1. The molecule has 0 aromatic heterocycles. The van der Waals surface area contributed by atoms with E-state index in [1.54, 1.807) is 19.9 Å². The van der Waals surface area contributed by atoms with Crippen LogP contribution in [0.4, 0.5) is 10.5 Å². The number of unbranched alkanes of at least 4 members (excludes halogenated alkanes) is 2. The van der Waals surface area contributed by atoms with Crippen LogP contribution in [0.1, 0.15) is 85.6 Å². The van der Waals surface area contributed by atoms with Crippen LogP contribution in [0.2, 0.25) is 0 Å². The number of para-hydroxylation sites is 1. The second-order valence-corrected chi connectivity index (χ2v) is 11.5. The lowest BCUT2D eigenvalue weighted by Gasteiger charge is -2.37. The van der Waals surface area contributed by atoms with E-state index >= 15 is 0 Å². The lowest BCUT2D eigenvalue weighted by molar-refractivity contribution is -0.137. The standard InChI is InChI=1S/C32H45N3O5/c1-7-9-14-24(8-2)21-34-29(37)25(30(38)35(23(3)4)31(34)39)17-18-28-32(5,6)26-15-10-11-16-27(26)33(28)19-12-13-20-40-22-36/h10-11,15-18,22-24H,7-9,12-14,19-21H2,1-6H3/b25-17+,28-18+. The van der Waals surface area contributed by atoms with Gasteiger partial charge in [0.25, 0.3) is 18.3 Å². The average Bonchev–Trinajstić information content (AvgIpc) is 3.13. The molecule has 8 heteroatoms. The zero-order chi connectivity index (χ0) is 29.4. The van der Waals surface area contributed by atoms with Gasteiger partial charge in [0.1, 0.15) is 5.57 Å². The first kappa shape index (κ1) is 31.1. The van der Waals surface area contributed by atoms with Crippen LogP contribution in [0.15, 0.2) is 47.7 Å². The summed E-state index contributed by atoms with van der Waals surface area (Å²) in [5.41, 5.74) is 2.85. The number of hydrogen-bond donors (Lipinski definition) is 0. The Bertz CT molecular complexity index is 1150. The summed E-state index contributed by atoms with van der Waals surface area (Å²) in [6.07, 6.45) is 8.86. The fourth-order valence-electron chi connectivity index (χ4n) is 5.65. The van der Waals surface area contributed by atoms with Crippen LogP contribution in [-0.2, 0) is 24.5 Å². The van der Waals surface area contributed by atoms with Crippen LogP contribution in [-0.4, -0.2) is 59.9 Å². The topological polar surface area (TPSA) is 87.2 Å². The predicted molar refractivity (Wildman–Crippen MR) is 157 cm³/mol. The third-order valence-corrected chi connectivity index (χ3v) is 8.03. The largest absolute Gasteiger partial charge is 0.468 e. The van der Waals surface area contributed by atoms with Crippen molar-refractivity contribution in [3.63, 3.8) is 0 Å². The molecule has 0 bridgehead atoms. The number of rotatable bonds is 14. The van der Waals surface area contributed by atoms with Crippen molar-refractivity contribution in [1.82, 2.24) is 9.80 Å². The highest BCUT2D eigenvalue weighted by Gasteiger charge is 2.44. The molecule has 2 heterocycles. The number of nitrogens with zero attached hydrogens (tertiary/aromatic N) is 3. The quantitative estimate of drug-likeness (QED) is 0.123. The van der Waals surface area contributed by atoms with Crippen LogP contribution in [0.5, 0.6) is 0 Å². The Hall–Kier alpha value is -3.42. The number of hydrogen-bond acceptors (Lipinski definition) is 6. The van der Waals surface area contributed by atoms with Gasteiger partial charge in [-0.05, 0) is 62.8 Å². The summed E-state index contributed by atoms with van der Waals surface area (Å²) in [6.45, 7) is 13.9. The maximum atomic E-state index is 13.7. The number of amides is 4. The number of carbonyl (C=O) groups is 4. The van der Waals surface area contributed by atoms with E-state index in [1.807, 2.05) is 18.2 Å². The molecule has 0 N–H and O–H groups in total. The summed E-state index contributed by atoms with van der Waals surface area (Å²) < 4.78 is 4.86. The zero-order valence-electron chi connectivity index (χ0n) is 24.9. The number of anilines is 1. The van der Waals surface area contributed by atoms with Gasteiger partial charge in [-0.2, -0.15) is 0 Å². The van der Waals surface area contributed by atoms with Gasteiger partial charge in [-0.25, -0.2) is 4.79 Å². The fraction of sp³-hybridized carbons (Fsp3) is 0.562. The number of urea groups is 1. The van der Waals surface area contributed by atoms with Gasteiger partial charge in [-0.3, -0.25) is 24.2 Å². The van der Waals surface area contributed by atoms with E-state index in [0.717, 1.165) is 55.5 Å². The maximum Gasteiger partial charge on any atom is 0.334 e. The monoisotopic (exact) mass is 551 g/mol. The highest BCUT2D eigenvalue weighted by Crippen LogP contribution is 2.47. The van der Waals surface area contributed by atoms with Gasteiger partial charge >= 0.3 is 6.03 Å². The molecule has 1 aromatic rings. The number of imide groups is 2. The molecule has 1 atom stereocenters. The Balaban J connectivity index is 2.00. The minimum absolute atomic E-state index is 0.0113. The third-order valence-electron chi connectivity index (χ3n) is 8.03. The molecule has 2 aliphatic heterocycles. The van der Waals surface area contributed by atoms with Crippen molar-refractivity contribution in [1.29, 1.82) is 0 Å². The molecule has 4 amide bonds. The normalized spacial score (nSPS) is 19.7. The minimum atomic E-state index is -0.550. The first-order chi connectivity index (χ1) is 19.1. The summed E-state index contributed by atoms with van der Waals surface area (Å²) in [7, 11) is 0. The average molecular weight is 552 g/mol. The van der Waals surface area contributed by atoms with Crippen molar-refractivity contribution in [2.24, 2.45) is 5.92 Å². The molecule has 1 fully saturated rings. The molecular formula is C32H45N3O5. The van der Waals surface area contributed by atoms with Gasteiger partial charge in [0.15, 0.2) is 0 Å². The van der Waals surface area contributed by atoms with Crippen LogP contribution in [0.3, 0.4) is 0 Å². The Kier molecular flexibility index (Phi) is 10.7. The third kappa shape index (κ3) is 6.48. The van der Waals surface area contributed by atoms with Crippen molar-refractivity contribution >= 4 is 30.0 Å². The van der Waals surface area contributed by atoms with E-state index < -0.39 is 17.8 Å². The molecule has 1 aromatic carbocycles. The van der Waals surface area contributed by atoms with Gasteiger partial charge in [0.2, 0.25) is 0 Å². The Morgan fingerprint density at radius 3 is 2.33 bits per heavy atom. The first-order valence-corrected chi connectivity index (χ1v) is 14.6. The number of ether oxygens (including phenoxy) is 1. The van der Waals surface area contributed by atoms with Gasteiger partial charge in [-0.1, -0.05) is 65.2 Å². The molecule has 3 rings (SSSR count). The molecule has 0 saturated carbocycles. The molecule has 8 nitrogen and oxygen atoms in total. The van der Waals surface area contributed by atoms with E-state index in [4.69, 9.17) is 4.74 Å². The van der Waals surface area contributed by atoms with Crippen molar-refractivity contribution in [2.75, 3.05) is 24.6 Å². The number of carbonyl (C=O) groups excluding carboxylic acids is 4. The minimum Gasteiger partial charge on any atom is -0.468 e. The second kappa shape index (κ2) is 13.8. The highest BCUT2D eigenvalue weighted by molar-refractivity contribution is 6.29. The summed E-state index contributed by atoms with van der Waals surface area (Å²) in [4.78, 5) is 55.7. The van der Waals surface area contributed by atoms with Crippen LogP contribution in [0, 0.1) is 5.92 Å². The smallest absolute Gasteiger partial charge is 0.334 e. The molecule has 1 saturated heterocycles. The first-order valence-electron chi connectivity index (χ1n) is 14.6. The Morgan fingerprint density at radius 1 is 0.950 bits per heavy atom.